The summed E-state index contributed by atoms with van der Waals surface area (Å²) in [5, 5.41) is 7.84. The predicted molar refractivity (Wildman–Crippen MR) is 95.2 cm³/mol. The molecule has 0 unspecified atom stereocenters. The zero-order chi connectivity index (χ0) is 15.6. The third-order valence-electron chi connectivity index (χ3n) is 5.96. The van der Waals surface area contributed by atoms with E-state index in [0.29, 0.717) is 6.04 Å². The highest BCUT2D eigenvalue weighted by Gasteiger charge is 2.39. The molecule has 2 aliphatic carbocycles. The second kappa shape index (κ2) is 6.81. The van der Waals surface area contributed by atoms with Crippen molar-refractivity contribution in [2.24, 2.45) is 11.8 Å². The molecule has 5 heteroatoms. The maximum atomic E-state index is 5.67. The van der Waals surface area contributed by atoms with Gasteiger partial charge >= 0.3 is 0 Å². The third kappa shape index (κ3) is 3.41. The zero-order valence-corrected chi connectivity index (χ0v) is 14.5. The minimum Gasteiger partial charge on any atom is -0.468 e. The van der Waals surface area contributed by atoms with Crippen molar-refractivity contribution in [2.45, 2.75) is 50.6 Å². The van der Waals surface area contributed by atoms with Crippen LogP contribution in [0, 0.1) is 11.8 Å². The van der Waals surface area contributed by atoms with Crippen LogP contribution in [0.3, 0.4) is 0 Å². The Hall–Kier alpha value is -1.07. The van der Waals surface area contributed by atoms with Crippen molar-refractivity contribution >= 4 is 17.3 Å². The summed E-state index contributed by atoms with van der Waals surface area (Å²) in [6.07, 6.45) is 9.86. The Morgan fingerprint density at radius 1 is 1.30 bits per heavy atom. The summed E-state index contributed by atoms with van der Waals surface area (Å²) in [5.74, 6) is 2.84. The molecule has 126 valence electrons. The van der Waals surface area contributed by atoms with Crippen LogP contribution in [0.4, 0.5) is 0 Å². The molecule has 1 aromatic heterocycles. The lowest BCUT2D eigenvalue weighted by atomic mass is 9.96. The molecule has 2 bridgehead atoms. The summed E-state index contributed by atoms with van der Waals surface area (Å²) in [5.41, 5.74) is 0. The van der Waals surface area contributed by atoms with E-state index in [9.17, 15) is 0 Å². The van der Waals surface area contributed by atoms with Gasteiger partial charge in [-0.25, -0.2) is 0 Å². The Balaban J connectivity index is 1.31. The average Bonchev–Trinajstić information content (AvgIpc) is 3.33. The second-order valence-corrected chi connectivity index (χ2v) is 7.82. The van der Waals surface area contributed by atoms with Gasteiger partial charge in [-0.1, -0.05) is 6.42 Å². The standard InChI is InChI=1S/C18H27N3OS/c23-18(20-15-11-13-5-6-14(15)10-13)19-12-16(17-4-3-9-22-17)21-7-1-2-8-21/h3-4,9,13-16H,1-2,5-8,10-12H2,(H2,19,20,23)/t13-,14-,15+,16+/m0/s1. The first-order valence-corrected chi connectivity index (χ1v) is 9.52. The van der Waals surface area contributed by atoms with Crippen molar-refractivity contribution < 1.29 is 4.42 Å². The molecule has 1 saturated heterocycles. The minimum atomic E-state index is 0.285. The first kappa shape index (κ1) is 15.5. The highest BCUT2D eigenvalue weighted by molar-refractivity contribution is 7.80. The van der Waals surface area contributed by atoms with Gasteiger partial charge in [0, 0.05) is 12.6 Å². The summed E-state index contributed by atoms with van der Waals surface area (Å²) in [6, 6.07) is 4.94. The Bertz CT molecular complexity index is 526. The van der Waals surface area contributed by atoms with Crippen molar-refractivity contribution in [1.82, 2.24) is 15.5 Å². The third-order valence-corrected chi connectivity index (χ3v) is 6.23. The summed E-state index contributed by atoms with van der Waals surface area (Å²) < 4.78 is 5.67. The molecule has 3 fully saturated rings. The van der Waals surface area contributed by atoms with Crippen LogP contribution in [-0.2, 0) is 0 Å². The van der Waals surface area contributed by atoms with E-state index in [0.717, 1.165) is 42.3 Å². The molecule has 4 rings (SSSR count). The maximum Gasteiger partial charge on any atom is 0.166 e. The number of nitrogens with one attached hydrogen (secondary N) is 2. The van der Waals surface area contributed by atoms with Crippen LogP contribution in [-0.4, -0.2) is 35.7 Å². The van der Waals surface area contributed by atoms with Crippen molar-refractivity contribution in [3.63, 3.8) is 0 Å². The van der Waals surface area contributed by atoms with Crippen LogP contribution in [0.15, 0.2) is 22.8 Å². The van der Waals surface area contributed by atoms with E-state index < -0.39 is 0 Å². The van der Waals surface area contributed by atoms with Gasteiger partial charge in [-0.15, -0.1) is 0 Å². The molecule has 1 aromatic rings. The molecule has 23 heavy (non-hydrogen) atoms. The lowest BCUT2D eigenvalue weighted by Gasteiger charge is -2.28. The molecule has 1 aliphatic heterocycles. The van der Waals surface area contributed by atoms with E-state index >= 15 is 0 Å². The first-order valence-electron chi connectivity index (χ1n) is 9.11. The van der Waals surface area contributed by atoms with E-state index in [1.54, 1.807) is 6.26 Å². The van der Waals surface area contributed by atoms with Crippen molar-refractivity contribution in [3.8, 4) is 0 Å². The fourth-order valence-electron chi connectivity index (χ4n) is 4.77. The molecular weight excluding hydrogens is 306 g/mol. The van der Waals surface area contributed by atoms with E-state index in [1.807, 2.05) is 6.07 Å². The average molecular weight is 334 g/mol. The fourth-order valence-corrected chi connectivity index (χ4v) is 5.01. The molecule has 2 saturated carbocycles. The van der Waals surface area contributed by atoms with Gasteiger partial charge in [0.05, 0.1) is 12.3 Å². The minimum absolute atomic E-state index is 0.285. The van der Waals surface area contributed by atoms with E-state index in [2.05, 4.69) is 21.6 Å². The topological polar surface area (TPSA) is 40.4 Å². The van der Waals surface area contributed by atoms with Crippen LogP contribution >= 0.6 is 12.2 Å². The van der Waals surface area contributed by atoms with Crippen LogP contribution in [0.1, 0.15) is 50.3 Å². The molecular formula is C18H27N3OS. The lowest BCUT2D eigenvalue weighted by molar-refractivity contribution is 0.215. The molecule has 0 amide bonds. The molecule has 3 aliphatic rings. The molecule has 2 N–H and O–H groups in total. The highest BCUT2D eigenvalue weighted by Crippen LogP contribution is 2.44. The number of likely N-dealkylation sites (tertiary alicyclic amines) is 1. The number of furan rings is 1. The van der Waals surface area contributed by atoms with E-state index in [-0.39, 0.29) is 6.04 Å². The number of rotatable bonds is 5. The van der Waals surface area contributed by atoms with Gasteiger partial charge in [0.1, 0.15) is 5.76 Å². The van der Waals surface area contributed by atoms with Crippen LogP contribution < -0.4 is 10.6 Å². The predicted octanol–water partition coefficient (Wildman–Crippen LogP) is 3.07. The summed E-state index contributed by atoms with van der Waals surface area (Å²) in [6.45, 7) is 3.12. The monoisotopic (exact) mass is 333 g/mol. The van der Waals surface area contributed by atoms with Crippen molar-refractivity contribution in [3.05, 3.63) is 24.2 Å². The number of nitrogens with zero attached hydrogens (tertiary/aromatic N) is 1. The van der Waals surface area contributed by atoms with Crippen molar-refractivity contribution in [2.75, 3.05) is 19.6 Å². The van der Waals surface area contributed by atoms with Crippen LogP contribution in [0.25, 0.3) is 0 Å². The largest absolute Gasteiger partial charge is 0.468 e. The Morgan fingerprint density at radius 2 is 2.17 bits per heavy atom. The molecule has 0 spiro atoms. The van der Waals surface area contributed by atoms with Gasteiger partial charge < -0.3 is 15.1 Å². The zero-order valence-electron chi connectivity index (χ0n) is 13.7. The van der Waals surface area contributed by atoms with Crippen LogP contribution in [0.5, 0.6) is 0 Å². The van der Waals surface area contributed by atoms with Gasteiger partial charge in [-0.2, -0.15) is 0 Å². The number of hydrogen-bond acceptors (Lipinski definition) is 3. The quantitative estimate of drug-likeness (QED) is 0.811. The van der Waals surface area contributed by atoms with Crippen LogP contribution in [0.2, 0.25) is 0 Å². The number of thiocarbonyl (C=S) groups is 1. The van der Waals surface area contributed by atoms with Gasteiger partial charge in [-0.05, 0) is 81.4 Å². The molecule has 4 nitrogen and oxygen atoms in total. The molecule has 0 radical (unpaired) electrons. The SMILES string of the molecule is S=C(NC[C@H](c1ccco1)N1CCCC1)N[C@@H]1C[C@H]2CC[C@H]1C2. The highest BCUT2D eigenvalue weighted by atomic mass is 32.1. The van der Waals surface area contributed by atoms with Gasteiger partial charge in [0.25, 0.3) is 0 Å². The van der Waals surface area contributed by atoms with Gasteiger partial charge in [-0.3, -0.25) is 4.90 Å². The van der Waals surface area contributed by atoms with E-state index in [4.69, 9.17) is 16.6 Å². The molecule has 4 atom stereocenters. The van der Waals surface area contributed by atoms with E-state index in [1.165, 1.54) is 38.5 Å². The second-order valence-electron chi connectivity index (χ2n) is 7.41. The Kier molecular flexibility index (Phi) is 4.58. The van der Waals surface area contributed by atoms with Gasteiger partial charge in [0.2, 0.25) is 0 Å². The first-order chi connectivity index (χ1) is 11.3. The smallest absolute Gasteiger partial charge is 0.166 e. The molecule has 0 aromatic carbocycles. The fraction of sp³-hybridized carbons (Fsp3) is 0.722. The molecule has 2 heterocycles. The summed E-state index contributed by atoms with van der Waals surface area (Å²) in [7, 11) is 0. The summed E-state index contributed by atoms with van der Waals surface area (Å²) in [4.78, 5) is 2.51. The lowest BCUT2D eigenvalue weighted by Crippen LogP contribution is -2.46. The normalized spacial score (nSPS) is 31.4. The summed E-state index contributed by atoms with van der Waals surface area (Å²) >= 11 is 5.56. The number of fused-ring (bicyclic) bond motifs is 2. The van der Waals surface area contributed by atoms with Crippen molar-refractivity contribution in [1.29, 1.82) is 0 Å². The maximum absolute atomic E-state index is 5.67. The number of hydrogen-bond donors (Lipinski definition) is 2. The Morgan fingerprint density at radius 3 is 2.83 bits per heavy atom. The van der Waals surface area contributed by atoms with Gasteiger partial charge in [0.15, 0.2) is 5.11 Å². The Labute approximate surface area is 144 Å².